The van der Waals surface area contributed by atoms with E-state index in [1.54, 1.807) is 0 Å². The number of piperazine rings is 1. The first-order chi connectivity index (χ1) is 9.29. The molecule has 1 saturated carbocycles. The first kappa shape index (κ1) is 14.8. The highest BCUT2D eigenvalue weighted by Gasteiger charge is 2.23. The number of carbonyl (C=O) groups excluding carboxylic acids is 1. The van der Waals surface area contributed by atoms with Crippen molar-refractivity contribution in [3.8, 4) is 0 Å². The molecule has 1 unspecified atom stereocenters. The molecule has 0 aromatic heterocycles. The van der Waals surface area contributed by atoms with Gasteiger partial charge in [0.2, 0.25) is 5.91 Å². The lowest BCUT2D eigenvalue weighted by Gasteiger charge is -2.35. The van der Waals surface area contributed by atoms with E-state index < -0.39 is 0 Å². The van der Waals surface area contributed by atoms with Gasteiger partial charge in [0.25, 0.3) is 0 Å². The maximum absolute atomic E-state index is 12.1. The molecule has 0 radical (unpaired) electrons. The minimum absolute atomic E-state index is 0.173. The highest BCUT2D eigenvalue weighted by Crippen LogP contribution is 2.17. The Morgan fingerprint density at radius 3 is 2.68 bits per heavy atom. The van der Waals surface area contributed by atoms with Gasteiger partial charge in [-0.2, -0.15) is 0 Å². The Morgan fingerprint density at radius 1 is 1.26 bits per heavy atom. The van der Waals surface area contributed by atoms with Gasteiger partial charge < -0.3 is 16.4 Å². The SMILES string of the molecule is NCC1CNCCN1CC(=O)NC1CCCCCC1. The Labute approximate surface area is 116 Å². The van der Waals surface area contributed by atoms with E-state index >= 15 is 0 Å². The first-order valence-corrected chi connectivity index (χ1v) is 7.74. The maximum atomic E-state index is 12.1. The number of nitrogens with two attached hydrogens (primary N) is 1. The van der Waals surface area contributed by atoms with Crippen LogP contribution in [-0.4, -0.2) is 55.6 Å². The van der Waals surface area contributed by atoms with Gasteiger partial charge in [-0.25, -0.2) is 0 Å². The predicted octanol–water partition coefficient (Wildman–Crippen LogP) is 0.0579. The molecule has 0 bridgehead atoms. The lowest BCUT2D eigenvalue weighted by atomic mass is 10.1. The van der Waals surface area contributed by atoms with E-state index in [1.165, 1.54) is 25.7 Å². The Kier molecular flexibility index (Phi) is 6.07. The molecular formula is C14H28N4O. The van der Waals surface area contributed by atoms with Gasteiger partial charge in [-0.1, -0.05) is 25.7 Å². The lowest BCUT2D eigenvalue weighted by Crippen LogP contribution is -2.57. The third-order valence-electron chi connectivity index (χ3n) is 4.31. The van der Waals surface area contributed by atoms with Crippen LogP contribution in [0, 0.1) is 0 Å². The molecule has 5 heteroatoms. The second-order valence-electron chi connectivity index (χ2n) is 5.82. The van der Waals surface area contributed by atoms with Crippen LogP contribution in [-0.2, 0) is 4.79 Å². The maximum Gasteiger partial charge on any atom is 0.234 e. The molecule has 2 rings (SSSR count). The van der Waals surface area contributed by atoms with Crippen LogP contribution in [0.15, 0.2) is 0 Å². The fourth-order valence-electron chi connectivity index (χ4n) is 3.13. The Hall–Kier alpha value is -0.650. The molecule has 0 aromatic rings. The number of carbonyl (C=O) groups is 1. The van der Waals surface area contributed by atoms with Gasteiger partial charge in [-0.15, -0.1) is 0 Å². The summed E-state index contributed by atoms with van der Waals surface area (Å²) in [6, 6.07) is 0.697. The van der Waals surface area contributed by atoms with Gasteiger partial charge in [0.1, 0.15) is 0 Å². The number of nitrogens with one attached hydrogen (secondary N) is 2. The molecule has 1 amide bonds. The Morgan fingerprint density at radius 2 is 2.00 bits per heavy atom. The summed E-state index contributed by atoms with van der Waals surface area (Å²) in [5, 5.41) is 6.53. The van der Waals surface area contributed by atoms with E-state index in [4.69, 9.17) is 5.73 Å². The molecule has 1 atom stereocenters. The van der Waals surface area contributed by atoms with Crippen molar-refractivity contribution >= 4 is 5.91 Å². The van der Waals surface area contributed by atoms with Gasteiger partial charge in [0.05, 0.1) is 6.54 Å². The molecule has 5 nitrogen and oxygen atoms in total. The summed E-state index contributed by atoms with van der Waals surface area (Å²) in [6.07, 6.45) is 7.44. The number of amides is 1. The molecule has 1 heterocycles. The zero-order chi connectivity index (χ0) is 13.5. The Bertz CT molecular complexity index is 277. The van der Waals surface area contributed by atoms with Crippen molar-refractivity contribution in [1.82, 2.24) is 15.5 Å². The smallest absolute Gasteiger partial charge is 0.234 e. The van der Waals surface area contributed by atoms with Crippen LogP contribution < -0.4 is 16.4 Å². The summed E-state index contributed by atoms with van der Waals surface area (Å²) in [5.74, 6) is 0.173. The summed E-state index contributed by atoms with van der Waals surface area (Å²) in [7, 11) is 0. The van der Waals surface area contributed by atoms with Crippen LogP contribution in [0.5, 0.6) is 0 Å². The van der Waals surface area contributed by atoms with Crippen LogP contribution >= 0.6 is 0 Å². The highest BCUT2D eigenvalue weighted by atomic mass is 16.2. The average molecular weight is 268 g/mol. The van der Waals surface area contributed by atoms with Crippen molar-refractivity contribution in [1.29, 1.82) is 0 Å². The molecule has 0 aromatic carbocycles. The number of hydrogen-bond acceptors (Lipinski definition) is 4. The number of rotatable bonds is 4. The van der Waals surface area contributed by atoms with Crippen molar-refractivity contribution < 1.29 is 4.79 Å². The monoisotopic (exact) mass is 268 g/mol. The molecule has 4 N–H and O–H groups in total. The number of hydrogen-bond donors (Lipinski definition) is 3. The van der Waals surface area contributed by atoms with Crippen LogP contribution in [0.1, 0.15) is 38.5 Å². The van der Waals surface area contributed by atoms with Gasteiger partial charge in [-0.3, -0.25) is 9.69 Å². The molecule has 1 aliphatic carbocycles. The Balaban J connectivity index is 1.75. The van der Waals surface area contributed by atoms with Crippen molar-refractivity contribution in [3.63, 3.8) is 0 Å². The largest absolute Gasteiger partial charge is 0.352 e. The van der Waals surface area contributed by atoms with E-state index in [0.717, 1.165) is 32.5 Å². The van der Waals surface area contributed by atoms with Gasteiger partial charge in [-0.05, 0) is 12.8 Å². The summed E-state index contributed by atoms with van der Waals surface area (Å²) in [4.78, 5) is 14.4. The molecule has 19 heavy (non-hydrogen) atoms. The fraction of sp³-hybridized carbons (Fsp3) is 0.929. The van der Waals surface area contributed by atoms with E-state index in [2.05, 4.69) is 15.5 Å². The normalized spacial score (nSPS) is 26.9. The van der Waals surface area contributed by atoms with Gasteiger partial charge in [0, 0.05) is 38.3 Å². The van der Waals surface area contributed by atoms with Crippen molar-refractivity contribution in [3.05, 3.63) is 0 Å². The third-order valence-corrected chi connectivity index (χ3v) is 4.31. The second kappa shape index (κ2) is 7.82. The minimum Gasteiger partial charge on any atom is -0.352 e. The third kappa shape index (κ3) is 4.75. The minimum atomic E-state index is 0.173. The van der Waals surface area contributed by atoms with Crippen LogP contribution in [0.25, 0.3) is 0 Å². The number of nitrogens with zero attached hydrogens (tertiary/aromatic N) is 1. The topological polar surface area (TPSA) is 70.4 Å². The van der Waals surface area contributed by atoms with E-state index in [-0.39, 0.29) is 5.91 Å². The van der Waals surface area contributed by atoms with Gasteiger partial charge >= 0.3 is 0 Å². The first-order valence-electron chi connectivity index (χ1n) is 7.74. The van der Waals surface area contributed by atoms with Crippen molar-refractivity contribution in [2.45, 2.75) is 50.6 Å². The molecule has 1 aliphatic heterocycles. The van der Waals surface area contributed by atoms with Crippen LogP contribution in [0.3, 0.4) is 0 Å². The molecule has 0 spiro atoms. The molecule has 2 aliphatic rings. The van der Waals surface area contributed by atoms with Crippen LogP contribution in [0.4, 0.5) is 0 Å². The zero-order valence-electron chi connectivity index (χ0n) is 11.9. The van der Waals surface area contributed by atoms with Crippen molar-refractivity contribution in [2.24, 2.45) is 5.73 Å². The van der Waals surface area contributed by atoms with E-state index in [1.807, 2.05) is 0 Å². The molecule has 110 valence electrons. The zero-order valence-corrected chi connectivity index (χ0v) is 11.9. The average Bonchev–Trinajstić information content (AvgIpc) is 2.68. The predicted molar refractivity (Wildman–Crippen MR) is 76.9 cm³/mol. The standard InChI is InChI=1S/C14H28N4O/c15-9-13-10-16-7-8-18(13)11-14(19)17-12-5-3-1-2-4-6-12/h12-13,16H,1-11,15H2,(H,17,19). The second-order valence-corrected chi connectivity index (χ2v) is 5.82. The summed E-state index contributed by atoms with van der Waals surface area (Å²) in [5.41, 5.74) is 5.76. The molecule has 1 saturated heterocycles. The quantitative estimate of drug-likeness (QED) is 0.631. The highest BCUT2D eigenvalue weighted by molar-refractivity contribution is 5.78. The lowest BCUT2D eigenvalue weighted by molar-refractivity contribution is -0.123. The van der Waals surface area contributed by atoms with Gasteiger partial charge in [0.15, 0.2) is 0 Å². The van der Waals surface area contributed by atoms with Crippen molar-refractivity contribution in [2.75, 3.05) is 32.7 Å². The molecular weight excluding hydrogens is 240 g/mol. The van der Waals surface area contributed by atoms with E-state index in [0.29, 0.717) is 25.2 Å². The fourth-order valence-corrected chi connectivity index (χ4v) is 3.13. The molecule has 2 fully saturated rings. The summed E-state index contributed by atoms with van der Waals surface area (Å²) < 4.78 is 0. The summed E-state index contributed by atoms with van der Waals surface area (Å²) >= 11 is 0. The van der Waals surface area contributed by atoms with E-state index in [9.17, 15) is 4.79 Å². The summed E-state index contributed by atoms with van der Waals surface area (Å²) in [6.45, 7) is 3.88. The van der Waals surface area contributed by atoms with Crippen LogP contribution in [0.2, 0.25) is 0 Å².